The van der Waals surface area contributed by atoms with Crippen molar-refractivity contribution in [2.24, 2.45) is 0 Å². The second-order valence-corrected chi connectivity index (χ2v) is 6.66. The highest BCUT2D eigenvalue weighted by Gasteiger charge is 2.26. The van der Waals surface area contributed by atoms with Crippen LogP contribution in [0.15, 0.2) is 48.4 Å². The number of methoxy groups -OCH3 is 1. The van der Waals surface area contributed by atoms with Crippen molar-refractivity contribution >= 4 is 17.4 Å². The van der Waals surface area contributed by atoms with Gasteiger partial charge in [0.15, 0.2) is 11.3 Å². The van der Waals surface area contributed by atoms with Gasteiger partial charge in [0.05, 0.1) is 30.5 Å². The summed E-state index contributed by atoms with van der Waals surface area (Å²) < 4.78 is 6.36. The van der Waals surface area contributed by atoms with Crippen molar-refractivity contribution in [2.75, 3.05) is 14.2 Å². The van der Waals surface area contributed by atoms with Gasteiger partial charge in [-0.25, -0.2) is 4.68 Å². The lowest BCUT2D eigenvalue weighted by Gasteiger charge is -2.16. The number of carbonyl (C=O) groups excluding carboxylic acids is 1. The van der Waals surface area contributed by atoms with E-state index in [9.17, 15) is 30.4 Å². The largest absolute Gasteiger partial charge is 0.506 e. The molecule has 13 heteroatoms. The number of nitriles is 1. The molecule has 0 radical (unpaired) electrons. The van der Waals surface area contributed by atoms with Gasteiger partial charge < -0.3 is 19.8 Å². The summed E-state index contributed by atoms with van der Waals surface area (Å²) in [6, 6.07) is 6.95. The van der Waals surface area contributed by atoms with Crippen LogP contribution >= 0.6 is 0 Å². The number of rotatable bonds is 7. The van der Waals surface area contributed by atoms with E-state index < -0.39 is 33.6 Å². The molecule has 168 valence electrons. The number of hydrogen-bond donors (Lipinski definition) is 2. The Morgan fingerprint density at radius 1 is 1.36 bits per heavy atom. The second kappa shape index (κ2) is 9.43. The van der Waals surface area contributed by atoms with E-state index in [0.29, 0.717) is 11.4 Å². The second-order valence-electron chi connectivity index (χ2n) is 6.66. The molecule has 2 heterocycles. The average Bonchev–Trinajstić information content (AvgIpc) is 3.28. The molecule has 13 nitrogen and oxygen atoms in total. The van der Waals surface area contributed by atoms with E-state index in [-0.39, 0.29) is 17.9 Å². The molecule has 0 unspecified atom stereocenters. The Morgan fingerprint density at radius 3 is 2.67 bits per heavy atom. The number of carbonyl (C=O) groups is 1. The predicted molar refractivity (Wildman–Crippen MR) is 112 cm³/mol. The Kier molecular flexibility index (Phi) is 6.49. The Bertz CT molecular complexity index is 1280. The Morgan fingerprint density at radius 2 is 2.06 bits per heavy atom. The predicted octanol–water partition coefficient (Wildman–Crippen LogP) is 1.74. The molecule has 0 spiro atoms. The van der Waals surface area contributed by atoms with E-state index in [4.69, 9.17) is 4.74 Å². The van der Waals surface area contributed by atoms with Crippen molar-refractivity contribution in [3.63, 3.8) is 0 Å². The first-order valence-corrected chi connectivity index (χ1v) is 9.23. The van der Waals surface area contributed by atoms with Gasteiger partial charge in [0.2, 0.25) is 5.75 Å². The maximum Gasteiger partial charge on any atom is 0.315 e. The SMILES string of the molecule is COc1cc(/C(O)=C(\C#N)C(=O)N(C)Cc2cn(-c3ccncc3)nn2)cc([N+](=O)[O-])c1O. The number of amides is 1. The van der Waals surface area contributed by atoms with Crippen molar-refractivity contribution in [3.05, 3.63) is 69.8 Å². The summed E-state index contributed by atoms with van der Waals surface area (Å²) >= 11 is 0. The number of aliphatic hydroxyl groups excluding tert-OH is 1. The Hall–Kier alpha value is -4.99. The van der Waals surface area contributed by atoms with E-state index in [1.165, 1.54) is 11.7 Å². The minimum atomic E-state index is -0.888. The van der Waals surface area contributed by atoms with Gasteiger partial charge in [-0.1, -0.05) is 5.21 Å². The summed E-state index contributed by atoms with van der Waals surface area (Å²) in [5, 5.41) is 49.1. The zero-order valence-electron chi connectivity index (χ0n) is 17.4. The summed E-state index contributed by atoms with van der Waals surface area (Å²) in [6.07, 6.45) is 4.76. The molecule has 2 N–H and O–H groups in total. The van der Waals surface area contributed by atoms with Gasteiger partial charge in [-0.2, -0.15) is 5.26 Å². The normalized spacial score (nSPS) is 11.3. The fraction of sp³-hybridized carbons (Fsp3) is 0.150. The number of nitro groups is 1. The van der Waals surface area contributed by atoms with Crippen LogP contribution in [0.4, 0.5) is 5.69 Å². The molecule has 0 saturated heterocycles. The number of nitro benzene ring substituents is 1. The highest BCUT2D eigenvalue weighted by molar-refractivity contribution is 6.03. The van der Waals surface area contributed by atoms with Crippen LogP contribution in [0.1, 0.15) is 11.3 Å². The number of aliphatic hydroxyl groups is 1. The van der Waals surface area contributed by atoms with Gasteiger partial charge in [0.25, 0.3) is 5.91 Å². The zero-order valence-corrected chi connectivity index (χ0v) is 17.4. The number of aromatic hydroxyl groups is 1. The summed E-state index contributed by atoms with van der Waals surface area (Å²) in [7, 11) is 2.55. The van der Waals surface area contributed by atoms with Gasteiger partial charge in [-0.3, -0.25) is 19.9 Å². The number of phenols is 1. The van der Waals surface area contributed by atoms with Gasteiger partial charge >= 0.3 is 5.69 Å². The number of phenolic OH excluding ortho intramolecular Hbond substituents is 1. The van der Waals surface area contributed by atoms with Crippen LogP contribution < -0.4 is 4.74 Å². The fourth-order valence-corrected chi connectivity index (χ4v) is 2.87. The topological polar surface area (TPSA) is 181 Å². The molecule has 0 fully saturated rings. The molecule has 0 aliphatic rings. The molecule has 0 atom stereocenters. The molecule has 0 aliphatic heterocycles. The summed E-state index contributed by atoms with van der Waals surface area (Å²) in [5.41, 5.74) is -0.571. The molecular formula is C20H17N7O6. The van der Waals surface area contributed by atoms with Crippen LogP contribution in [0.25, 0.3) is 11.4 Å². The number of aromatic nitrogens is 4. The van der Waals surface area contributed by atoms with Crippen LogP contribution in [0, 0.1) is 21.4 Å². The fourth-order valence-electron chi connectivity index (χ4n) is 2.87. The van der Waals surface area contributed by atoms with E-state index >= 15 is 0 Å². The molecule has 1 aromatic carbocycles. The lowest BCUT2D eigenvalue weighted by Crippen LogP contribution is -2.28. The molecule has 3 rings (SSSR count). The minimum Gasteiger partial charge on any atom is -0.506 e. The molecule has 3 aromatic rings. The number of likely N-dealkylation sites (N-methyl/N-ethyl adjacent to an activating group) is 1. The van der Waals surface area contributed by atoms with Crippen LogP contribution in [-0.4, -0.2) is 60.1 Å². The highest BCUT2D eigenvalue weighted by atomic mass is 16.6. The van der Waals surface area contributed by atoms with Crippen LogP contribution in [0.3, 0.4) is 0 Å². The van der Waals surface area contributed by atoms with E-state index in [1.54, 1.807) is 36.8 Å². The lowest BCUT2D eigenvalue weighted by atomic mass is 10.1. The van der Waals surface area contributed by atoms with Gasteiger partial charge in [-0.15, -0.1) is 5.10 Å². The number of pyridine rings is 1. The molecule has 0 saturated carbocycles. The number of benzene rings is 1. The highest BCUT2D eigenvalue weighted by Crippen LogP contribution is 2.38. The Balaban J connectivity index is 1.89. The van der Waals surface area contributed by atoms with Gasteiger partial charge in [0.1, 0.15) is 17.5 Å². The molecular weight excluding hydrogens is 434 g/mol. The van der Waals surface area contributed by atoms with E-state index in [2.05, 4.69) is 15.3 Å². The third-order valence-corrected chi connectivity index (χ3v) is 4.52. The standard InChI is InChI=1S/C20H17N7O6/c1-25(10-13-11-26(24-23-13)14-3-5-22-6-4-14)20(30)15(9-21)18(28)12-7-16(27(31)32)19(29)17(8-12)33-2/h3-8,11,28-29H,10H2,1-2H3/b18-15-. The monoisotopic (exact) mass is 451 g/mol. The third-order valence-electron chi connectivity index (χ3n) is 4.52. The van der Waals surface area contributed by atoms with Crippen molar-refractivity contribution in [2.45, 2.75) is 6.54 Å². The maximum absolute atomic E-state index is 12.8. The molecule has 2 aromatic heterocycles. The molecule has 1 amide bonds. The minimum absolute atomic E-state index is 0.0403. The Labute approximate surface area is 186 Å². The van der Waals surface area contributed by atoms with Crippen molar-refractivity contribution in [1.29, 1.82) is 5.26 Å². The lowest BCUT2D eigenvalue weighted by molar-refractivity contribution is -0.386. The smallest absolute Gasteiger partial charge is 0.315 e. The molecule has 0 aliphatic carbocycles. The van der Waals surface area contributed by atoms with E-state index in [0.717, 1.165) is 24.1 Å². The quantitative estimate of drug-likeness (QED) is 0.176. The maximum atomic E-state index is 12.8. The van der Waals surface area contributed by atoms with Crippen LogP contribution in [-0.2, 0) is 11.3 Å². The van der Waals surface area contributed by atoms with E-state index in [1.807, 2.05) is 0 Å². The third kappa shape index (κ3) is 4.69. The van der Waals surface area contributed by atoms with Crippen LogP contribution in [0.2, 0.25) is 0 Å². The van der Waals surface area contributed by atoms with Gasteiger partial charge in [-0.05, 0) is 18.2 Å². The summed E-state index contributed by atoms with van der Waals surface area (Å²) in [4.78, 5) is 28.2. The number of ether oxygens (including phenoxy) is 1. The summed E-state index contributed by atoms with van der Waals surface area (Å²) in [6.45, 7) is -0.0403. The molecule has 0 bridgehead atoms. The molecule has 33 heavy (non-hydrogen) atoms. The van der Waals surface area contributed by atoms with Crippen molar-refractivity contribution in [1.82, 2.24) is 24.9 Å². The first-order chi connectivity index (χ1) is 15.8. The number of hydrogen-bond acceptors (Lipinski definition) is 10. The zero-order chi connectivity index (χ0) is 24.1. The van der Waals surface area contributed by atoms with Crippen molar-refractivity contribution in [3.8, 4) is 23.3 Å². The average molecular weight is 451 g/mol. The number of nitrogens with zero attached hydrogens (tertiary/aromatic N) is 7. The summed E-state index contributed by atoms with van der Waals surface area (Å²) in [5.74, 6) is -2.73. The van der Waals surface area contributed by atoms with Crippen molar-refractivity contribution < 1.29 is 24.7 Å². The first-order valence-electron chi connectivity index (χ1n) is 9.23. The first kappa shape index (κ1) is 22.7. The van der Waals surface area contributed by atoms with Gasteiger partial charge in [0, 0.05) is 31.1 Å². The van der Waals surface area contributed by atoms with Crippen LogP contribution in [0.5, 0.6) is 11.5 Å².